The van der Waals surface area contributed by atoms with E-state index in [2.05, 4.69) is 5.32 Å². The number of nitro groups is 1. The minimum absolute atomic E-state index is 0.00974. The van der Waals surface area contributed by atoms with Gasteiger partial charge in [-0.1, -0.05) is 0 Å². The van der Waals surface area contributed by atoms with Crippen LogP contribution in [0.2, 0.25) is 0 Å². The zero-order valence-corrected chi connectivity index (χ0v) is 17.3. The molecule has 2 heterocycles. The maximum absolute atomic E-state index is 13.1. The van der Waals surface area contributed by atoms with Gasteiger partial charge in [-0.15, -0.1) is 0 Å². The van der Waals surface area contributed by atoms with Crippen LogP contribution in [-0.4, -0.2) is 49.6 Å². The molecule has 0 aliphatic carbocycles. The minimum Gasteiger partial charge on any atom is -0.378 e. The largest absolute Gasteiger partial charge is 0.378 e. The molecule has 0 unspecified atom stereocenters. The molecule has 0 saturated carbocycles. The van der Waals surface area contributed by atoms with Crippen molar-refractivity contribution >= 4 is 34.6 Å². The predicted octanol–water partition coefficient (Wildman–Crippen LogP) is 2.98. The lowest BCUT2D eigenvalue weighted by molar-refractivity contribution is -0.384. The number of ether oxygens (including phenoxy) is 1. The third kappa shape index (κ3) is 4.36. The molecule has 31 heavy (non-hydrogen) atoms. The van der Waals surface area contributed by atoms with Crippen molar-refractivity contribution in [2.75, 3.05) is 48.0 Å². The third-order valence-electron chi connectivity index (χ3n) is 5.62. The van der Waals surface area contributed by atoms with Crippen LogP contribution in [0.25, 0.3) is 0 Å². The standard InChI is InChI=1S/C22H24N4O5/c1-15(27)25-8-2-3-16-13-17(4-6-20(16)25)23-22(28)19-14-18(26(29)30)5-7-21(19)24-9-11-31-12-10-24/h4-7,13-14H,2-3,8-12H2,1H3,(H,23,28). The number of rotatable bonds is 4. The van der Waals surface area contributed by atoms with Crippen LogP contribution in [0, 0.1) is 10.1 Å². The number of carbonyl (C=O) groups is 2. The van der Waals surface area contributed by atoms with Crippen molar-refractivity contribution in [1.29, 1.82) is 0 Å². The number of hydrogen-bond donors (Lipinski definition) is 1. The molecule has 0 spiro atoms. The van der Waals surface area contributed by atoms with Crippen molar-refractivity contribution in [1.82, 2.24) is 0 Å². The van der Waals surface area contributed by atoms with Crippen LogP contribution in [-0.2, 0) is 16.0 Å². The quantitative estimate of drug-likeness (QED) is 0.598. The molecule has 162 valence electrons. The first kappa shape index (κ1) is 20.8. The van der Waals surface area contributed by atoms with Gasteiger partial charge in [0, 0.05) is 50.1 Å². The average molecular weight is 424 g/mol. The second-order valence-corrected chi connectivity index (χ2v) is 7.63. The van der Waals surface area contributed by atoms with E-state index in [-0.39, 0.29) is 17.2 Å². The highest BCUT2D eigenvalue weighted by Crippen LogP contribution is 2.31. The summed E-state index contributed by atoms with van der Waals surface area (Å²) in [4.78, 5) is 39.5. The number of aryl methyl sites for hydroxylation is 1. The first-order valence-electron chi connectivity index (χ1n) is 10.3. The summed E-state index contributed by atoms with van der Waals surface area (Å²) in [6.07, 6.45) is 1.68. The number of anilines is 3. The van der Waals surface area contributed by atoms with Gasteiger partial charge in [0.15, 0.2) is 0 Å². The fourth-order valence-electron chi connectivity index (χ4n) is 4.10. The molecule has 2 aliphatic rings. The number of benzene rings is 2. The highest BCUT2D eigenvalue weighted by atomic mass is 16.6. The molecule has 2 amide bonds. The van der Waals surface area contributed by atoms with Crippen molar-refractivity contribution in [3.8, 4) is 0 Å². The maximum Gasteiger partial charge on any atom is 0.270 e. The normalized spacial score (nSPS) is 15.9. The first-order chi connectivity index (χ1) is 14.9. The molecule has 0 bridgehead atoms. The molecule has 2 aromatic rings. The van der Waals surface area contributed by atoms with Crippen LogP contribution < -0.4 is 15.1 Å². The van der Waals surface area contributed by atoms with Crippen LogP contribution in [0.1, 0.15) is 29.3 Å². The number of nitrogens with zero attached hydrogens (tertiary/aromatic N) is 3. The van der Waals surface area contributed by atoms with E-state index in [1.165, 1.54) is 12.1 Å². The minimum atomic E-state index is -0.505. The van der Waals surface area contributed by atoms with Gasteiger partial charge in [-0.2, -0.15) is 0 Å². The van der Waals surface area contributed by atoms with E-state index in [1.807, 2.05) is 17.0 Å². The lowest BCUT2D eigenvalue weighted by Crippen LogP contribution is -2.37. The van der Waals surface area contributed by atoms with Crippen LogP contribution in [0.5, 0.6) is 0 Å². The maximum atomic E-state index is 13.1. The molecule has 0 radical (unpaired) electrons. The summed E-state index contributed by atoms with van der Waals surface area (Å²) in [6, 6.07) is 9.81. The summed E-state index contributed by atoms with van der Waals surface area (Å²) in [5, 5.41) is 14.2. The smallest absolute Gasteiger partial charge is 0.270 e. The van der Waals surface area contributed by atoms with Crippen molar-refractivity contribution in [2.24, 2.45) is 0 Å². The van der Waals surface area contributed by atoms with Gasteiger partial charge >= 0.3 is 0 Å². The third-order valence-corrected chi connectivity index (χ3v) is 5.62. The van der Waals surface area contributed by atoms with E-state index in [4.69, 9.17) is 4.74 Å². The number of amides is 2. The second kappa shape index (κ2) is 8.73. The van der Waals surface area contributed by atoms with Crippen LogP contribution >= 0.6 is 0 Å². The Hall–Kier alpha value is -3.46. The molecule has 4 rings (SSSR count). The fourth-order valence-corrected chi connectivity index (χ4v) is 4.10. The van der Waals surface area contributed by atoms with Gasteiger partial charge < -0.3 is 19.9 Å². The Balaban J connectivity index is 1.63. The molecule has 2 aliphatic heterocycles. The van der Waals surface area contributed by atoms with E-state index in [0.717, 1.165) is 24.1 Å². The van der Waals surface area contributed by atoms with Crippen molar-refractivity contribution in [3.63, 3.8) is 0 Å². The molecule has 1 fully saturated rings. The second-order valence-electron chi connectivity index (χ2n) is 7.63. The molecule has 9 nitrogen and oxygen atoms in total. The zero-order chi connectivity index (χ0) is 22.0. The van der Waals surface area contributed by atoms with Gasteiger partial charge in [-0.3, -0.25) is 19.7 Å². The summed E-state index contributed by atoms with van der Waals surface area (Å²) in [6.45, 7) is 4.52. The van der Waals surface area contributed by atoms with Crippen molar-refractivity contribution < 1.29 is 19.2 Å². The monoisotopic (exact) mass is 424 g/mol. The number of nitro benzene ring substituents is 1. The Labute approximate surface area is 179 Å². The average Bonchev–Trinajstić information content (AvgIpc) is 2.78. The summed E-state index contributed by atoms with van der Waals surface area (Å²) in [5.41, 5.74) is 3.21. The van der Waals surface area contributed by atoms with Crippen LogP contribution in [0.4, 0.5) is 22.7 Å². The molecule has 1 N–H and O–H groups in total. The predicted molar refractivity (Wildman–Crippen MR) is 117 cm³/mol. The Bertz CT molecular complexity index is 1030. The molecule has 0 atom stereocenters. The first-order valence-corrected chi connectivity index (χ1v) is 10.3. The summed E-state index contributed by atoms with van der Waals surface area (Å²) >= 11 is 0. The number of carbonyl (C=O) groups excluding carboxylic acids is 2. The van der Waals surface area contributed by atoms with Gasteiger partial charge in [0.25, 0.3) is 11.6 Å². The number of fused-ring (bicyclic) bond motifs is 1. The van der Waals surface area contributed by atoms with E-state index >= 15 is 0 Å². The van der Waals surface area contributed by atoms with Gasteiger partial charge in [0.1, 0.15) is 0 Å². The van der Waals surface area contributed by atoms with Gasteiger partial charge in [-0.25, -0.2) is 0 Å². The van der Waals surface area contributed by atoms with E-state index in [1.54, 1.807) is 24.0 Å². The van der Waals surface area contributed by atoms with Crippen molar-refractivity contribution in [2.45, 2.75) is 19.8 Å². The van der Waals surface area contributed by atoms with E-state index in [0.29, 0.717) is 44.2 Å². The Kier molecular flexibility index (Phi) is 5.85. The number of nitrogens with one attached hydrogen (secondary N) is 1. The number of morpholine rings is 1. The molecular weight excluding hydrogens is 400 g/mol. The lowest BCUT2D eigenvalue weighted by Gasteiger charge is -2.30. The number of hydrogen-bond acceptors (Lipinski definition) is 6. The van der Waals surface area contributed by atoms with Gasteiger partial charge in [-0.05, 0) is 42.7 Å². The highest BCUT2D eigenvalue weighted by molar-refractivity contribution is 6.09. The van der Waals surface area contributed by atoms with Gasteiger partial charge in [0.2, 0.25) is 5.91 Å². The molecule has 0 aromatic heterocycles. The zero-order valence-electron chi connectivity index (χ0n) is 17.3. The Morgan fingerprint density at radius 2 is 1.81 bits per heavy atom. The Morgan fingerprint density at radius 3 is 2.52 bits per heavy atom. The van der Waals surface area contributed by atoms with Gasteiger partial charge in [0.05, 0.1) is 29.4 Å². The molecule has 1 saturated heterocycles. The highest BCUT2D eigenvalue weighted by Gasteiger charge is 2.24. The fraction of sp³-hybridized carbons (Fsp3) is 0.364. The summed E-state index contributed by atoms with van der Waals surface area (Å²) in [5.74, 6) is -0.422. The topological polar surface area (TPSA) is 105 Å². The summed E-state index contributed by atoms with van der Waals surface area (Å²) in [7, 11) is 0. The van der Waals surface area contributed by atoms with E-state index in [9.17, 15) is 19.7 Å². The molecule has 9 heteroatoms. The van der Waals surface area contributed by atoms with E-state index < -0.39 is 10.8 Å². The number of non-ortho nitro benzene ring substituents is 1. The van der Waals surface area contributed by atoms with Crippen molar-refractivity contribution in [3.05, 3.63) is 57.6 Å². The Morgan fingerprint density at radius 1 is 1.06 bits per heavy atom. The summed E-state index contributed by atoms with van der Waals surface area (Å²) < 4.78 is 5.38. The SMILES string of the molecule is CC(=O)N1CCCc2cc(NC(=O)c3cc([N+](=O)[O-])ccc3N3CCOCC3)ccc21. The van der Waals surface area contributed by atoms with Crippen LogP contribution in [0.15, 0.2) is 36.4 Å². The molecular formula is C22H24N4O5. The lowest BCUT2D eigenvalue weighted by atomic mass is 10.0. The van der Waals surface area contributed by atoms with Crippen LogP contribution in [0.3, 0.4) is 0 Å². The molecule has 2 aromatic carbocycles.